The molecule has 3 rings (SSSR count). The molecule has 0 atom stereocenters. The minimum atomic E-state index is -3.37. The van der Waals surface area contributed by atoms with E-state index in [0.29, 0.717) is 41.9 Å². The van der Waals surface area contributed by atoms with E-state index in [1.807, 2.05) is 0 Å². The topological polar surface area (TPSA) is 110 Å². The van der Waals surface area contributed by atoms with Crippen LogP contribution in [0.5, 0.6) is 0 Å². The number of aryl methyl sites for hydroxylation is 2. The van der Waals surface area contributed by atoms with Crippen LogP contribution in [0.4, 0.5) is 17.1 Å². The highest BCUT2D eigenvalue weighted by Gasteiger charge is 2.24. The Labute approximate surface area is 157 Å². The van der Waals surface area contributed by atoms with E-state index in [1.165, 1.54) is 16.4 Å². The van der Waals surface area contributed by atoms with E-state index in [-0.39, 0.29) is 5.69 Å². The van der Waals surface area contributed by atoms with Gasteiger partial charge in [-0.3, -0.25) is 19.2 Å². The number of anilines is 2. The Balaban J connectivity index is 1.89. The molecule has 0 unspecified atom stereocenters. The molecule has 1 amide bonds. The van der Waals surface area contributed by atoms with Gasteiger partial charge >= 0.3 is 0 Å². The molecular weight excluding hydrogens is 370 g/mol. The maximum atomic E-state index is 12.6. The van der Waals surface area contributed by atoms with Gasteiger partial charge in [0.15, 0.2) is 0 Å². The summed E-state index contributed by atoms with van der Waals surface area (Å²) in [5.41, 5.74) is 2.71. The molecule has 2 aromatic carbocycles. The standard InChI is InChI=1S/C18H19N3O5S/c1-12-5-7-15(21(23)24)11-16(12)19-18(22)14-6-8-17-13(10-14)4-3-9-20(17)27(2,25)26/h5-8,10-11H,3-4,9H2,1-2H3,(H,19,22). The highest BCUT2D eigenvalue weighted by Crippen LogP contribution is 2.30. The van der Waals surface area contributed by atoms with Gasteiger partial charge in [-0.25, -0.2) is 8.42 Å². The molecule has 0 radical (unpaired) electrons. The van der Waals surface area contributed by atoms with Crippen LogP contribution in [0, 0.1) is 17.0 Å². The second kappa shape index (κ2) is 6.99. The Morgan fingerprint density at radius 3 is 2.63 bits per heavy atom. The zero-order valence-corrected chi connectivity index (χ0v) is 15.7. The van der Waals surface area contributed by atoms with Crippen molar-refractivity contribution in [1.82, 2.24) is 0 Å². The van der Waals surface area contributed by atoms with Crippen LogP contribution in [-0.4, -0.2) is 32.0 Å². The summed E-state index contributed by atoms with van der Waals surface area (Å²) in [6, 6.07) is 9.13. The summed E-state index contributed by atoms with van der Waals surface area (Å²) in [6.07, 6.45) is 2.52. The Kier molecular flexibility index (Phi) is 4.88. The third-order valence-electron chi connectivity index (χ3n) is 4.50. The Bertz CT molecular complexity index is 1030. The van der Waals surface area contributed by atoms with Gasteiger partial charge in [0.2, 0.25) is 10.0 Å². The van der Waals surface area contributed by atoms with Gasteiger partial charge in [0.05, 0.1) is 22.6 Å². The summed E-state index contributed by atoms with van der Waals surface area (Å²) in [5.74, 6) is -0.405. The van der Waals surface area contributed by atoms with Gasteiger partial charge in [-0.05, 0) is 49.1 Å². The van der Waals surface area contributed by atoms with E-state index in [9.17, 15) is 23.3 Å². The maximum Gasteiger partial charge on any atom is 0.271 e. The minimum absolute atomic E-state index is 0.106. The highest BCUT2D eigenvalue weighted by atomic mass is 32.2. The third kappa shape index (κ3) is 3.92. The van der Waals surface area contributed by atoms with E-state index in [1.54, 1.807) is 31.2 Å². The van der Waals surface area contributed by atoms with Crippen molar-refractivity contribution >= 4 is 33.0 Å². The summed E-state index contributed by atoms with van der Waals surface area (Å²) >= 11 is 0. The van der Waals surface area contributed by atoms with Crippen molar-refractivity contribution in [1.29, 1.82) is 0 Å². The monoisotopic (exact) mass is 389 g/mol. The first-order chi connectivity index (χ1) is 12.7. The van der Waals surface area contributed by atoms with E-state index in [0.717, 1.165) is 11.8 Å². The molecule has 0 bridgehead atoms. The number of rotatable bonds is 4. The Morgan fingerprint density at radius 2 is 1.96 bits per heavy atom. The summed E-state index contributed by atoms with van der Waals surface area (Å²) in [7, 11) is -3.37. The molecule has 1 N–H and O–H groups in total. The quantitative estimate of drug-likeness (QED) is 0.639. The van der Waals surface area contributed by atoms with Crippen LogP contribution in [-0.2, 0) is 16.4 Å². The molecule has 1 heterocycles. The van der Waals surface area contributed by atoms with Gasteiger partial charge in [0, 0.05) is 24.2 Å². The number of non-ortho nitro benzene ring substituents is 1. The first-order valence-corrected chi connectivity index (χ1v) is 10.2. The number of carbonyl (C=O) groups excluding carboxylic acids is 1. The minimum Gasteiger partial charge on any atom is -0.321 e. The van der Waals surface area contributed by atoms with Gasteiger partial charge < -0.3 is 5.32 Å². The molecule has 0 saturated heterocycles. The molecule has 0 fully saturated rings. The molecule has 0 spiro atoms. The molecule has 8 nitrogen and oxygen atoms in total. The first kappa shape index (κ1) is 18.8. The number of hydrogen-bond donors (Lipinski definition) is 1. The molecule has 0 aliphatic carbocycles. The summed E-state index contributed by atoms with van der Waals surface area (Å²) < 4.78 is 25.2. The fourth-order valence-corrected chi connectivity index (χ4v) is 4.10. The van der Waals surface area contributed by atoms with Crippen LogP contribution >= 0.6 is 0 Å². The first-order valence-electron chi connectivity index (χ1n) is 8.34. The van der Waals surface area contributed by atoms with Crippen molar-refractivity contribution in [3.8, 4) is 0 Å². The van der Waals surface area contributed by atoms with E-state index < -0.39 is 20.9 Å². The number of amides is 1. The lowest BCUT2D eigenvalue weighted by Gasteiger charge is -2.29. The van der Waals surface area contributed by atoms with Crippen molar-refractivity contribution < 1.29 is 18.1 Å². The number of carbonyl (C=O) groups is 1. The maximum absolute atomic E-state index is 12.6. The molecule has 9 heteroatoms. The molecule has 2 aromatic rings. The predicted molar refractivity (Wildman–Crippen MR) is 103 cm³/mol. The largest absolute Gasteiger partial charge is 0.321 e. The summed E-state index contributed by atoms with van der Waals surface area (Å²) in [5, 5.41) is 13.6. The Hall–Kier alpha value is -2.94. The van der Waals surface area contributed by atoms with Crippen molar-refractivity contribution in [2.24, 2.45) is 0 Å². The lowest BCUT2D eigenvalue weighted by atomic mass is 10.0. The number of fused-ring (bicyclic) bond motifs is 1. The number of hydrogen-bond acceptors (Lipinski definition) is 5. The summed E-state index contributed by atoms with van der Waals surface area (Å²) in [6.45, 7) is 2.17. The van der Waals surface area contributed by atoms with Crippen molar-refractivity contribution in [3.63, 3.8) is 0 Å². The van der Waals surface area contributed by atoms with E-state index >= 15 is 0 Å². The SMILES string of the molecule is Cc1ccc([N+](=O)[O-])cc1NC(=O)c1ccc2c(c1)CCCN2S(C)(=O)=O. The molecule has 1 aliphatic heterocycles. The predicted octanol–water partition coefficient (Wildman–Crippen LogP) is 2.87. The molecule has 0 saturated carbocycles. The van der Waals surface area contributed by atoms with Crippen LogP contribution in [0.3, 0.4) is 0 Å². The second-order valence-electron chi connectivity index (χ2n) is 6.49. The number of nitro benzene ring substituents is 1. The third-order valence-corrected chi connectivity index (χ3v) is 5.68. The van der Waals surface area contributed by atoms with Gasteiger partial charge in [-0.15, -0.1) is 0 Å². The molecule has 142 valence electrons. The molecule has 1 aliphatic rings. The lowest BCUT2D eigenvalue weighted by molar-refractivity contribution is -0.384. The number of nitro groups is 1. The fraction of sp³-hybridized carbons (Fsp3) is 0.278. The van der Waals surface area contributed by atoms with Gasteiger partial charge in [0.25, 0.3) is 11.6 Å². The zero-order chi connectivity index (χ0) is 19.8. The number of benzene rings is 2. The fourth-order valence-electron chi connectivity index (χ4n) is 3.10. The van der Waals surface area contributed by atoms with Crippen LogP contribution in [0.15, 0.2) is 36.4 Å². The molecular formula is C18H19N3O5S. The van der Waals surface area contributed by atoms with E-state index in [2.05, 4.69) is 5.32 Å². The van der Waals surface area contributed by atoms with Gasteiger partial charge in [-0.1, -0.05) is 6.07 Å². The van der Waals surface area contributed by atoms with Gasteiger partial charge in [0.1, 0.15) is 0 Å². The normalized spacial score (nSPS) is 13.8. The smallest absolute Gasteiger partial charge is 0.271 e. The second-order valence-corrected chi connectivity index (χ2v) is 8.40. The van der Waals surface area contributed by atoms with Crippen molar-refractivity contribution in [2.75, 3.05) is 22.4 Å². The van der Waals surface area contributed by atoms with Crippen LogP contribution in [0.2, 0.25) is 0 Å². The van der Waals surface area contributed by atoms with Crippen molar-refractivity contribution in [2.45, 2.75) is 19.8 Å². The average Bonchev–Trinajstić information content (AvgIpc) is 2.61. The van der Waals surface area contributed by atoms with Crippen LogP contribution < -0.4 is 9.62 Å². The molecule has 27 heavy (non-hydrogen) atoms. The number of sulfonamides is 1. The van der Waals surface area contributed by atoms with Crippen LogP contribution in [0.25, 0.3) is 0 Å². The number of nitrogens with zero attached hydrogens (tertiary/aromatic N) is 2. The van der Waals surface area contributed by atoms with E-state index in [4.69, 9.17) is 0 Å². The molecule has 0 aromatic heterocycles. The summed E-state index contributed by atoms with van der Waals surface area (Å²) in [4.78, 5) is 23.0. The number of nitrogens with one attached hydrogen (secondary N) is 1. The Morgan fingerprint density at radius 1 is 1.22 bits per heavy atom. The van der Waals surface area contributed by atoms with Crippen LogP contribution in [0.1, 0.15) is 27.9 Å². The highest BCUT2D eigenvalue weighted by molar-refractivity contribution is 7.92. The van der Waals surface area contributed by atoms with Gasteiger partial charge in [-0.2, -0.15) is 0 Å². The average molecular weight is 389 g/mol. The lowest BCUT2D eigenvalue weighted by Crippen LogP contribution is -2.34. The zero-order valence-electron chi connectivity index (χ0n) is 14.9. The van der Waals surface area contributed by atoms with Crippen molar-refractivity contribution in [3.05, 3.63) is 63.2 Å².